The molecule has 0 radical (unpaired) electrons. The molecule has 0 aromatic heterocycles. The molecule has 0 fully saturated rings. The Morgan fingerprint density at radius 3 is 2.53 bits per heavy atom. The minimum Gasteiger partial charge on any atom is -0.300 e. The first-order valence-electron chi connectivity index (χ1n) is 9.08. The summed E-state index contributed by atoms with van der Waals surface area (Å²) in [6.07, 6.45) is 1.88. The van der Waals surface area contributed by atoms with Gasteiger partial charge in [-0.1, -0.05) is 48.2 Å². The molecule has 1 aliphatic rings. The number of anilines is 1. The van der Waals surface area contributed by atoms with Gasteiger partial charge in [-0.15, -0.1) is 0 Å². The van der Waals surface area contributed by atoms with Gasteiger partial charge in [0.1, 0.15) is 4.91 Å². The molecule has 0 saturated carbocycles. The average Bonchev–Trinajstić information content (AvgIpc) is 2.75. The van der Waals surface area contributed by atoms with Crippen LogP contribution in [0.25, 0.3) is 6.08 Å². The van der Waals surface area contributed by atoms with Crippen LogP contribution in [0.4, 0.5) is 14.5 Å². The SMILES string of the molecule is O=C1/C(=C\c2ccc(F)c(F)c2)S(=O)Nc2ccc(C#CCc3ccccc3)cc21. The first-order chi connectivity index (χ1) is 14.5. The predicted molar refractivity (Wildman–Crippen MR) is 114 cm³/mol. The Hall–Kier alpha value is -3.56. The van der Waals surface area contributed by atoms with Gasteiger partial charge in [-0.25, -0.2) is 13.0 Å². The highest BCUT2D eigenvalue weighted by atomic mass is 32.2. The van der Waals surface area contributed by atoms with Crippen molar-refractivity contribution in [3.8, 4) is 11.8 Å². The van der Waals surface area contributed by atoms with E-state index < -0.39 is 28.4 Å². The summed E-state index contributed by atoms with van der Waals surface area (Å²) in [6, 6.07) is 18.1. The molecule has 1 N–H and O–H groups in total. The third-order valence-electron chi connectivity index (χ3n) is 4.50. The zero-order chi connectivity index (χ0) is 21.1. The number of ketones is 1. The fraction of sp³-hybridized carbons (Fsp3) is 0.0417. The number of halogens is 2. The predicted octanol–water partition coefficient (Wildman–Crippen LogP) is 4.87. The van der Waals surface area contributed by atoms with Gasteiger partial charge < -0.3 is 4.72 Å². The van der Waals surface area contributed by atoms with Crippen molar-refractivity contribution in [3.05, 3.63) is 106 Å². The lowest BCUT2D eigenvalue weighted by Crippen LogP contribution is -2.22. The Kier molecular flexibility index (Phi) is 5.55. The maximum absolute atomic E-state index is 13.5. The molecule has 0 bridgehead atoms. The zero-order valence-electron chi connectivity index (χ0n) is 15.6. The van der Waals surface area contributed by atoms with Crippen LogP contribution in [0.3, 0.4) is 0 Å². The van der Waals surface area contributed by atoms with Crippen molar-refractivity contribution < 1.29 is 17.8 Å². The highest BCUT2D eigenvalue weighted by Gasteiger charge is 2.27. The molecular formula is C24H15F2NO2S. The van der Waals surface area contributed by atoms with Gasteiger partial charge in [0.2, 0.25) is 5.78 Å². The van der Waals surface area contributed by atoms with Crippen LogP contribution in [0.1, 0.15) is 27.0 Å². The van der Waals surface area contributed by atoms with Gasteiger partial charge in [0.15, 0.2) is 22.6 Å². The summed E-state index contributed by atoms with van der Waals surface area (Å²) in [7, 11) is -1.81. The van der Waals surface area contributed by atoms with E-state index >= 15 is 0 Å². The van der Waals surface area contributed by atoms with E-state index in [0.717, 1.165) is 17.7 Å². The molecule has 148 valence electrons. The summed E-state index contributed by atoms with van der Waals surface area (Å²) in [6.45, 7) is 0. The van der Waals surface area contributed by atoms with Gasteiger partial charge >= 0.3 is 0 Å². The van der Waals surface area contributed by atoms with Gasteiger partial charge in [-0.3, -0.25) is 4.79 Å². The lowest BCUT2D eigenvalue weighted by molar-refractivity contribution is 0.104. The van der Waals surface area contributed by atoms with Crippen molar-refractivity contribution in [2.75, 3.05) is 4.72 Å². The third kappa shape index (κ3) is 4.22. The molecule has 1 aliphatic heterocycles. The van der Waals surface area contributed by atoms with Gasteiger partial charge in [-0.05, 0) is 47.5 Å². The van der Waals surface area contributed by atoms with Gasteiger partial charge in [0.05, 0.1) is 5.69 Å². The topological polar surface area (TPSA) is 46.2 Å². The van der Waals surface area contributed by atoms with E-state index in [-0.39, 0.29) is 10.5 Å². The quantitative estimate of drug-likeness (QED) is 0.476. The minimum atomic E-state index is -1.81. The Morgan fingerprint density at radius 2 is 1.77 bits per heavy atom. The fourth-order valence-corrected chi connectivity index (χ4v) is 4.00. The molecule has 1 atom stereocenters. The summed E-state index contributed by atoms with van der Waals surface area (Å²) in [5.41, 5.74) is 2.76. The number of rotatable bonds is 2. The molecule has 6 heteroatoms. The van der Waals surface area contributed by atoms with E-state index in [1.807, 2.05) is 30.3 Å². The van der Waals surface area contributed by atoms with E-state index in [2.05, 4.69) is 16.6 Å². The Labute approximate surface area is 175 Å². The second kappa shape index (κ2) is 8.44. The number of hydrogen-bond donors (Lipinski definition) is 1. The van der Waals surface area contributed by atoms with Crippen LogP contribution in [0.15, 0.2) is 71.6 Å². The van der Waals surface area contributed by atoms with Crippen LogP contribution in [-0.4, -0.2) is 9.99 Å². The molecule has 3 aromatic rings. The number of carbonyl (C=O) groups excluding carboxylic acids is 1. The summed E-state index contributed by atoms with van der Waals surface area (Å²) < 4.78 is 41.8. The number of benzene rings is 3. The number of hydrogen-bond acceptors (Lipinski definition) is 2. The molecule has 0 saturated heterocycles. The lowest BCUT2D eigenvalue weighted by atomic mass is 10.0. The summed E-state index contributed by atoms with van der Waals surface area (Å²) >= 11 is 0. The molecule has 0 spiro atoms. The van der Waals surface area contributed by atoms with Crippen LogP contribution < -0.4 is 4.72 Å². The van der Waals surface area contributed by atoms with E-state index in [4.69, 9.17) is 0 Å². The van der Waals surface area contributed by atoms with Gasteiger partial charge in [0, 0.05) is 17.5 Å². The second-order valence-corrected chi connectivity index (χ2v) is 7.79. The zero-order valence-corrected chi connectivity index (χ0v) is 16.4. The molecule has 3 nitrogen and oxygen atoms in total. The minimum absolute atomic E-state index is 0.0390. The molecule has 0 aliphatic carbocycles. The van der Waals surface area contributed by atoms with Crippen LogP contribution in [0.2, 0.25) is 0 Å². The van der Waals surface area contributed by atoms with Crippen molar-refractivity contribution in [2.24, 2.45) is 0 Å². The molecule has 4 rings (SSSR count). The van der Waals surface area contributed by atoms with Crippen LogP contribution in [0.5, 0.6) is 0 Å². The molecule has 0 amide bonds. The highest BCUT2D eigenvalue weighted by molar-refractivity contribution is 7.91. The maximum atomic E-state index is 13.5. The fourth-order valence-electron chi connectivity index (χ4n) is 2.99. The van der Waals surface area contributed by atoms with Crippen LogP contribution >= 0.6 is 0 Å². The Balaban J connectivity index is 1.62. The Morgan fingerprint density at radius 1 is 0.967 bits per heavy atom. The number of Topliss-reactive ketones (excluding diaryl/α,β-unsaturated/α-hetero) is 1. The van der Waals surface area contributed by atoms with Crippen molar-refractivity contribution in [1.82, 2.24) is 0 Å². The maximum Gasteiger partial charge on any atom is 0.205 e. The van der Waals surface area contributed by atoms with Crippen LogP contribution in [0, 0.1) is 23.5 Å². The molecule has 30 heavy (non-hydrogen) atoms. The standard InChI is InChI=1S/C24H15F2NO2S/c25-20-11-9-18(14-21(20)26)15-23-24(28)19-13-17(10-12-22(19)27-30(23)29)8-4-7-16-5-2-1-3-6-16/h1-3,5-6,9-15,27H,7H2/b23-15+. The lowest BCUT2D eigenvalue weighted by Gasteiger charge is -2.19. The van der Waals surface area contributed by atoms with E-state index in [1.54, 1.807) is 18.2 Å². The number of fused-ring (bicyclic) bond motifs is 1. The monoisotopic (exact) mass is 419 g/mol. The number of allylic oxidation sites excluding steroid dienone is 1. The number of nitrogens with one attached hydrogen (secondary N) is 1. The largest absolute Gasteiger partial charge is 0.300 e. The second-order valence-electron chi connectivity index (χ2n) is 6.61. The van der Waals surface area contributed by atoms with E-state index in [9.17, 15) is 17.8 Å². The number of carbonyl (C=O) groups is 1. The van der Waals surface area contributed by atoms with Crippen LogP contribution in [-0.2, 0) is 17.4 Å². The molecular weight excluding hydrogens is 404 g/mol. The van der Waals surface area contributed by atoms with Crippen molar-refractivity contribution in [3.63, 3.8) is 0 Å². The smallest absolute Gasteiger partial charge is 0.205 e. The first-order valence-corrected chi connectivity index (χ1v) is 10.2. The average molecular weight is 419 g/mol. The van der Waals surface area contributed by atoms with Gasteiger partial charge in [0.25, 0.3) is 0 Å². The first kappa shape index (κ1) is 19.7. The molecule has 1 heterocycles. The molecule has 1 unspecified atom stereocenters. The summed E-state index contributed by atoms with van der Waals surface area (Å²) in [5.74, 6) is 3.64. The van der Waals surface area contributed by atoms with Crippen molar-refractivity contribution in [2.45, 2.75) is 6.42 Å². The van der Waals surface area contributed by atoms with E-state index in [1.165, 1.54) is 12.1 Å². The molecule has 3 aromatic carbocycles. The third-order valence-corrected chi connectivity index (χ3v) is 5.61. The normalized spacial score (nSPS) is 16.4. The summed E-state index contributed by atoms with van der Waals surface area (Å²) in [4.78, 5) is 12.9. The Bertz CT molecular complexity index is 1260. The van der Waals surface area contributed by atoms with Gasteiger partial charge in [-0.2, -0.15) is 0 Å². The highest BCUT2D eigenvalue weighted by Crippen LogP contribution is 2.29. The summed E-state index contributed by atoms with van der Waals surface area (Å²) in [5, 5.41) is 0. The van der Waals surface area contributed by atoms with E-state index in [0.29, 0.717) is 23.2 Å². The van der Waals surface area contributed by atoms with Crippen molar-refractivity contribution >= 4 is 28.5 Å². The van der Waals surface area contributed by atoms with Crippen molar-refractivity contribution in [1.29, 1.82) is 0 Å².